The lowest BCUT2D eigenvalue weighted by Crippen LogP contribution is -2.33. The van der Waals surface area contributed by atoms with Gasteiger partial charge in [0.25, 0.3) is 11.5 Å². The number of nitrogens with zero attached hydrogens (tertiary/aromatic N) is 1. The molecule has 1 rings (SSSR count). The second kappa shape index (κ2) is 4.77. The van der Waals surface area contributed by atoms with Crippen LogP contribution in [0, 0.1) is 5.92 Å². The summed E-state index contributed by atoms with van der Waals surface area (Å²) in [5, 5.41) is 0. The standard InChI is InChI=1S/C11H16N2O2/c1-8(2)7-13(3)11(15)9-5-4-6-12-10(9)14/h4-6,8H,7H2,1-3H3,(H,12,14). The van der Waals surface area contributed by atoms with E-state index in [0.29, 0.717) is 12.5 Å². The predicted molar refractivity (Wildman–Crippen MR) is 58.9 cm³/mol. The van der Waals surface area contributed by atoms with E-state index in [0.717, 1.165) is 0 Å². The zero-order chi connectivity index (χ0) is 11.4. The van der Waals surface area contributed by atoms with Crippen LogP contribution in [0.2, 0.25) is 0 Å². The molecule has 1 N–H and O–H groups in total. The summed E-state index contributed by atoms with van der Waals surface area (Å²) >= 11 is 0. The lowest BCUT2D eigenvalue weighted by molar-refractivity contribution is 0.0777. The Morgan fingerprint density at radius 3 is 2.73 bits per heavy atom. The van der Waals surface area contributed by atoms with E-state index in [1.807, 2.05) is 13.8 Å². The molecule has 0 aliphatic heterocycles. The monoisotopic (exact) mass is 208 g/mol. The molecule has 0 aliphatic carbocycles. The molecule has 0 saturated heterocycles. The van der Waals surface area contributed by atoms with Gasteiger partial charge in [-0.05, 0) is 18.1 Å². The first-order chi connectivity index (χ1) is 7.02. The molecule has 0 unspecified atom stereocenters. The largest absolute Gasteiger partial charge is 0.341 e. The minimum absolute atomic E-state index is 0.195. The first-order valence-electron chi connectivity index (χ1n) is 4.95. The average molecular weight is 208 g/mol. The third-order valence-corrected chi connectivity index (χ3v) is 2.03. The number of carbonyl (C=O) groups excluding carboxylic acids is 1. The van der Waals surface area contributed by atoms with E-state index in [9.17, 15) is 9.59 Å². The van der Waals surface area contributed by atoms with E-state index >= 15 is 0 Å². The third-order valence-electron chi connectivity index (χ3n) is 2.03. The Bertz CT molecular complexity index is 396. The fraction of sp³-hybridized carbons (Fsp3) is 0.455. The van der Waals surface area contributed by atoms with Crippen molar-refractivity contribution >= 4 is 5.91 Å². The number of aromatic nitrogens is 1. The molecular weight excluding hydrogens is 192 g/mol. The molecule has 4 heteroatoms. The van der Waals surface area contributed by atoms with E-state index in [2.05, 4.69) is 4.98 Å². The lowest BCUT2D eigenvalue weighted by atomic mass is 10.2. The molecule has 82 valence electrons. The molecule has 15 heavy (non-hydrogen) atoms. The Balaban J connectivity index is 2.86. The first-order valence-corrected chi connectivity index (χ1v) is 4.95. The van der Waals surface area contributed by atoms with Crippen molar-refractivity contribution in [3.63, 3.8) is 0 Å². The van der Waals surface area contributed by atoms with E-state index in [1.165, 1.54) is 12.3 Å². The highest BCUT2D eigenvalue weighted by atomic mass is 16.2. The molecule has 0 spiro atoms. The molecule has 0 saturated carbocycles. The second-order valence-corrected chi connectivity index (χ2v) is 3.99. The lowest BCUT2D eigenvalue weighted by Gasteiger charge is -2.18. The highest BCUT2D eigenvalue weighted by molar-refractivity contribution is 5.93. The minimum atomic E-state index is -0.335. The quantitative estimate of drug-likeness (QED) is 0.808. The number of amides is 1. The topological polar surface area (TPSA) is 53.2 Å². The molecule has 1 amide bonds. The van der Waals surface area contributed by atoms with Gasteiger partial charge in [-0.1, -0.05) is 13.8 Å². The molecule has 1 heterocycles. The maximum absolute atomic E-state index is 11.8. The van der Waals surface area contributed by atoms with Crippen molar-refractivity contribution in [2.45, 2.75) is 13.8 Å². The third kappa shape index (κ3) is 2.94. The van der Waals surface area contributed by atoms with Crippen molar-refractivity contribution in [2.24, 2.45) is 5.92 Å². The van der Waals surface area contributed by atoms with E-state index in [-0.39, 0.29) is 17.0 Å². The van der Waals surface area contributed by atoms with Gasteiger partial charge in [-0.3, -0.25) is 9.59 Å². The van der Waals surface area contributed by atoms with Crippen molar-refractivity contribution in [1.29, 1.82) is 0 Å². The van der Waals surface area contributed by atoms with Crippen LogP contribution in [0.15, 0.2) is 23.1 Å². The summed E-state index contributed by atoms with van der Waals surface area (Å²) < 4.78 is 0. The Morgan fingerprint density at radius 2 is 2.20 bits per heavy atom. The molecule has 4 nitrogen and oxygen atoms in total. The molecular formula is C11H16N2O2. The highest BCUT2D eigenvalue weighted by Crippen LogP contribution is 2.01. The molecule has 0 aliphatic rings. The van der Waals surface area contributed by atoms with Crippen molar-refractivity contribution in [3.05, 3.63) is 34.2 Å². The molecule has 0 fully saturated rings. The second-order valence-electron chi connectivity index (χ2n) is 3.99. The van der Waals surface area contributed by atoms with Gasteiger partial charge in [0.2, 0.25) is 0 Å². The fourth-order valence-electron chi connectivity index (χ4n) is 1.43. The Labute approximate surface area is 88.9 Å². The summed E-state index contributed by atoms with van der Waals surface area (Å²) in [5.41, 5.74) is -0.140. The number of hydrogen-bond acceptors (Lipinski definition) is 2. The zero-order valence-electron chi connectivity index (χ0n) is 9.28. The van der Waals surface area contributed by atoms with Crippen LogP contribution in [0.4, 0.5) is 0 Å². The average Bonchev–Trinajstić information content (AvgIpc) is 2.16. The van der Waals surface area contributed by atoms with Gasteiger partial charge in [-0.25, -0.2) is 0 Å². The van der Waals surface area contributed by atoms with Crippen LogP contribution in [0.5, 0.6) is 0 Å². The Hall–Kier alpha value is -1.58. The minimum Gasteiger partial charge on any atom is -0.341 e. The van der Waals surface area contributed by atoms with Crippen molar-refractivity contribution in [1.82, 2.24) is 9.88 Å². The van der Waals surface area contributed by atoms with Crippen LogP contribution in [0.25, 0.3) is 0 Å². The van der Waals surface area contributed by atoms with Crippen LogP contribution in [-0.4, -0.2) is 29.4 Å². The summed E-state index contributed by atoms with van der Waals surface area (Å²) in [7, 11) is 1.70. The van der Waals surface area contributed by atoms with Crippen LogP contribution >= 0.6 is 0 Å². The van der Waals surface area contributed by atoms with E-state index in [1.54, 1.807) is 18.0 Å². The van der Waals surface area contributed by atoms with Crippen molar-refractivity contribution in [2.75, 3.05) is 13.6 Å². The normalized spacial score (nSPS) is 10.4. The first kappa shape index (κ1) is 11.5. The van der Waals surface area contributed by atoms with Gasteiger partial charge in [0, 0.05) is 19.8 Å². The summed E-state index contributed by atoms with van der Waals surface area (Å²) in [4.78, 5) is 27.2. The van der Waals surface area contributed by atoms with Crippen molar-refractivity contribution in [3.8, 4) is 0 Å². The highest BCUT2D eigenvalue weighted by Gasteiger charge is 2.15. The maximum Gasteiger partial charge on any atom is 0.260 e. The molecule has 0 aromatic carbocycles. The van der Waals surface area contributed by atoms with Gasteiger partial charge in [0.15, 0.2) is 0 Å². The number of pyridine rings is 1. The number of carbonyl (C=O) groups is 1. The molecule has 0 atom stereocenters. The number of H-pyrrole nitrogens is 1. The van der Waals surface area contributed by atoms with E-state index in [4.69, 9.17) is 0 Å². The Kier molecular flexibility index (Phi) is 3.66. The predicted octanol–water partition coefficient (Wildman–Crippen LogP) is 1.10. The van der Waals surface area contributed by atoms with Crippen LogP contribution < -0.4 is 5.56 Å². The van der Waals surface area contributed by atoms with Crippen LogP contribution in [-0.2, 0) is 0 Å². The number of rotatable bonds is 3. The van der Waals surface area contributed by atoms with Crippen molar-refractivity contribution < 1.29 is 4.79 Å². The van der Waals surface area contributed by atoms with Gasteiger partial charge >= 0.3 is 0 Å². The van der Waals surface area contributed by atoms with Crippen LogP contribution in [0.1, 0.15) is 24.2 Å². The molecule has 0 radical (unpaired) electrons. The van der Waals surface area contributed by atoms with Gasteiger partial charge in [0.1, 0.15) is 5.56 Å². The van der Waals surface area contributed by atoms with Gasteiger partial charge < -0.3 is 9.88 Å². The SMILES string of the molecule is CC(C)CN(C)C(=O)c1ccc[nH]c1=O. The van der Waals surface area contributed by atoms with Gasteiger partial charge in [-0.2, -0.15) is 0 Å². The van der Waals surface area contributed by atoms with Gasteiger partial charge in [0.05, 0.1) is 0 Å². The fourth-order valence-corrected chi connectivity index (χ4v) is 1.43. The van der Waals surface area contributed by atoms with Crippen LogP contribution in [0.3, 0.4) is 0 Å². The van der Waals surface area contributed by atoms with Gasteiger partial charge in [-0.15, -0.1) is 0 Å². The summed E-state index contributed by atoms with van der Waals surface area (Å²) in [5.74, 6) is 0.160. The zero-order valence-corrected chi connectivity index (χ0v) is 9.28. The molecule has 1 aromatic rings. The Morgan fingerprint density at radius 1 is 1.53 bits per heavy atom. The number of nitrogens with one attached hydrogen (secondary N) is 1. The summed E-state index contributed by atoms with van der Waals surface area (Å²) in [6.45, 7) is 4.70. The molecule has 0 bridgehead atoms. The summed E-state index contributed by atoms with van der Waals surface area (Å²) in [6, 6.07) is 3.19. The number of aromatic amines is 1. The van der Waals surface area contributed by atoms with E-state index < -0.39 is 0 Å². The maximum atomic E-state index is 11.8. The number of hydrogen-bond donors (Lipinski definition) is 1. The molecule has 1 aromatic heterocycles. The smallest absolute Gasteiger partial charge is 0.260 e. The summed E-state index contributed by atoms with van der Waals surface area (Å²) in [6.07, 6.45) is 1.52.